The highest BCUT2D eigenvalue weighted by atomic mass is 32.1. The predicted molar refractivity (Wildman–Crippen MR) is 227 cm³/mol. The molecule has 4 N–H and O–H groups in total. The third kappa shape index (κ3) is 10.7. The number of thiazole rings is 1. The number of aliphatic hydroxyl groups excluding tert-OH is 1. The number of aryl methyl sites for hydroxylation is 1. The van der Waals surface area contributed by atoms with E-state index in [2.05, 4.69) is 71.1 Å². The number of hydrogen-bond acceptors (Lipinski definition) is 12. The number of hydrogen-bond donors (Lipinski definition) is 4. The summed E-state index contributed by atoms with van der Waals surface area (Å²) in [6, 6.07) is 7.47. The number of likely N-dealkylation sites (N-methyl/N-ethyl adjacent to an activating group) is 2. The second-order valence-corrected chi connectivity index (χ2v) is 17.7. The molecule has 0 bridgehead atoms. The van der Waals surface area contributed by atoms with Gasteiger partial charge in [0.25, 0.3) is 5.91 Å². The Hall–Kier alpha value is -4.61. The van der Waals surface area contributed by atoms with Crippen molar-refractivity contribution in [3.8, 4) is 22.5 Å². The largest absolute Gasteiger partial charge is 0.480 e. The number of piperazine rings is 1. The number of amides is 2. The Balaban J connectivity index is 1.59. The molecule has 15 nitrogen and oxygen atoms in total. The number of alkyl carbamates (subject to hydrolysis) is 1. The van der Waals surface area contributed by atoms with Gasteiger partial charge >= 0.3 is 12.1 Å². The fourth-order valence-electron chi connectivity index (χ4n) is 7.12. The summed E-state index contributed by atoms with van der Waals surface area (Å²) in [6.07, 6.45) is 1.56. The van der Waals surface area contributed by atoms with Crippen LogP contribution in [0.1, 0.15) is 70.8 Å². The van der Waals surface area contributed by atoms with Crippen molar-refractivity contribution in [3.63, 3.8) is 0 Å². The summed E-state index contributed by atoms with van der Waals surface area (Å²) in [7, 11) is 5.25. The number of nitrogens with zero attached hydrogens (tertiary/aromatic N) is 6. The van der Waals surface area contributed by atoms with Gasteiger partial charge in [-0.3, -0.25) is 19.6 Å². The van der Waals surface area contributed by atoms with Gasteiger partial charge in [-0.2, -0.15) is 0 Å². The molecule has 1 saturated heterocycles. The van der Waals surface area contributed by atoms with Crippen LogP contribution >= 0.6 is 11.3 Å². The lowest BCUT2D eigenvalue weighted by atomic mass is 9.84. The summed E-state index contributed by atoms with van der Waals surface area (Å²) in [5, 5.41) is 27.0. The van der Waals surface area contributed by atoms with Gasteiger partial charge in [-0.15, -0.1) is 11.3 Å². The monoisotopic (exact) mass is 820 g/mol. The van der Waals surface area contributed by atoms with Crippen molar-refractivity contribution in [1.82, 2.24) is 35.2 Å². The van der Waals surface area contributed by atoms with Crippen LogP contribution in [0, 0.1) is 5.41 Å². The van der Waals surface area contributed by atoms with E-state index in [1.807, 2.05) is 24.6 Å². The van der Waals surface area contributed by atoms with Gasteiger partial charge < -0.3 is 39.4 Å². The summed E-state index contributed by atoms with van der Waals surface area (Å²) in [5.41, 5.74) is 8.99. The number of hydrazine groups is 1. The Kier molecular flexibility index (Phi) is 14.2. The van der Waals surface area contributed by atoms with Crippen molar-refractivity contribution < 1.29 is 34.1 Å². The van der Waals surface area contributed by atoms with Crippen LogP contribution in [0.15, 0.2) is 35.8 Å². The topological polar surface area (TPSA) is 175 Å². The normalized spacial score (nSPS) is 15.1. The number of aromatic nitrogens is 3. The van der Waals surface area contributed by atoms with Crippen LogP contribution in [0.2, 0.25) is 0 Å². The number of pyridine rings is 1. The molecule has 0 saturated carbocycles. The molecule has 58 heavy (non-hydrogen) atoms. The third-order valence-corrected chi connectivity index (χ3v) is 11.2. The maximum absolute atomic E-state index is 13.5. The van der Waals surface area contributed by atoms with Gasteiger partial charge in [-0.05, 0) is 77.3 Å². The van der Waals surface area contributed by atoms with E-state index in [4.69, 9.17) is 24.5 Å². The van der Waals surface area contributed by atoms with Gasteiger partial charge in [0, 0.05) is 87.3 Å². The lowest BCUT2D eigenvalue weighted by molar-refractivity contribution is -0.140. The minimum absolute atomic E-state index is 0.000471. The average molecular weight is 821 g/mol. The second-order valence-electron chi connectivity index (χ2n) is 16.8. The zero-order valence-corrected chi connectivity index (χ0v) is 36.3. The third-order valence-electron chi connectivity index (χ3n) is 10.3. The summed E-state index contributed by atoms with van der Waals surface area (Å²) in [5.74, 6) is -1.69. The molecular formula is C42H60N8O7S. The zero-order chi connectivity index (χ0) is 42.5. The fraction of sp³-hybridized carbons (Fsp3) is 0.548. The highest BCUT2D eigenvalue weighted by molar-refractivity contribution is 7.10. The summed E-state index contributed by atoms with van der Waals surface area (Å²) in [6.45, 7) is 17.4. The highest BCUT2D eigenvalue weighted by Crippen LogP contribution is 2.42. The fourth-order valence-corrected chi connectivity index (χ4v) is 7.97. The Morgan fingerprint density at radius 3 is 2.41 bits per heavy atom. The molecule has 1 fully saturated rings. The Morgan fingerprint density at radius 1 is 1.09 bits per heavy atom. The Bertz CT molecular complexity index is 2080. The number of benzene rings is 1. The smallest absolute Gasteiger partial charge is 0.408 e. The summed E-state index contributed by atoms with van der Waals surface area (Å²) in [4.78, 5) is 52.2. The molecular weight excluding hydrogens is 761 g/mol. The number of ether oxygens (including phenoxy) is 2. The van der Waals surface area contributed by atoms with Gasteiger partial charge in [0.2, 0.25) is 0 Å². The van der Waals surface area contributed by atoms with E-state index < -0.39 is 41.6 Å². The molecule has 0 unspecified atom stereocenters. The van der Waals surface area contributed by atoms with Gasteiger partial charge in [-0.25, -0.2) is 15.2 Å². The number of methoxy groups -OCH3 is 1. The quantitative estimate of drug-likeness (QED) is 0.107. The van der Waals surface area contributed by atoms with E-state index >= 15 is 0 Å². The molecule has 3 aromatic heterocycles. The predicted octanol–water partition coefficient (Wildman–Crippen LogP) is 5.35. The molecule has 0 spiro atoms. The maximum Gasteiger partial charge on any atom is 0.408 e. The van der Waals surface area contributed by atoms with Gasteiger partial charge in [0.05, 0.1) is 40.1 Å². The first-order valence-electron chi connectivity index (χ1n) is 19.7. The molecule has 0 radical (unpaired) electrons. The molecule has 16 heteroatoms. The van der Waals surface area contributed by atoms with Crippen molar-refractivity contribution in [3.05, 3.63) is 52.1 Å². The van der Waals surface area contributed by atoms with Crippen molar-refractivity contribution in [2.45, 2.75) is 85.6 Å². The van der Waals surface area contributed by atoms with Gasteiger partial charge in [-0.1, -0.05) is 19.9 Å². The van der Waals surface area contributed by atoms with Gasteiger partial charge in [0.1, 0.15) is 18.2 Å². The van der Waals surface area contributed by atoms with E-state index in [-0.39, 0.29) is 19.1 Å². The second kappa shape index (κ2) is 18.5. The molecule has 316 valence electrons. The van der Waals surface area contributed by atoms with Crippen molar-refractivity contribution in [2.75, 3.05) is 65.4 Å². The minimum atomic E-state index is -1.14. The van der Waals surface area contributed by atoms with Crippen LogP contribution in [0.5, 0.6) is 0 Å². The first-order valence-corrected chi connectivity index (χ1v) is 20.6. The first-order chi connectivity index (χ1) is 27.3. The highest BCUT2D eigenvalue weighted by Gasteiger charge is 2.31. The zero-order valence-electron chi connectivity index (χ0n) is 35.5. The maximum atomic E-state index is 13.5. The SMILES string of the molecule is CCn1c(-c2cc(N3CCN(C)CC3)cnc2[C@H](C)OC)c(CC(C)(C)CO)c2cc(-c3csc(C[C@H](NC(=O)OC(C)(C)C)C(=O)N(C)NCC(=O)O)n3)ccc21. The molecule has 1 aliphatic heterocycles. The van der Waals surface area contributed by atoms with E-state index in [1.54, 1.807) is 27.9 Å². The van der Waals surface area contributed by atoms with E-state index in [0.717, 1.165) is 75.9 Å². The molecule has 4 aromatic rings. The van der Waals surface area contributed by atoms with Crippen LogP contribution in [0.25, 0.3) is 33.4 Å². The number of aliphatic hydroxyl groups is 1. The number of rotatable bonds is 16. The van der Waals surface area contributed by atoms with Crippen LogP contribution in [0.4, 0.5) is 10.5 Å². The summed E-state index contributed by atoms with van der Waals surface area (Å²) >= 11 is 1.36. The van der Waals surface area contributed by atoms with Gasteiger partial charge in [0.15, 0.2) is 0 Å². The van der Waals surface area contributed by atoms with Crippen LogP contribution < -0.4 is 15.6 Å². The summed E-state index contributed by atoms with van der Waals surface area (Å²) < 4.78 is 13.7. The van der Waals surface area contributed by atoms with Crippen molar-refractivity contribution >= 4 is 45.9 Å². The number of carboxylic acids is 1. The molecule has 1 aliphatic rings. The Labute approximate surface area is 345 Å². The molecule has 4 heterocycles. The van der Waals surface area contributed by atoms with Crippen molar-refractivity contribution in [2.24, 2.45) is 5.41 Å². The Morgan fingerprint density at radius 2 is 1.79 bits per heavy atom. The number of fused-ring (bicyclic) bond motifs is 1. The van der Waals surface area contributed by atoms with E-state index in [0.29, 0.717) is 23.7 Å². The number of carbonyl (C=O) groups excluding carboxylic acids is 2. The van der Waals surface area contributed by atoms with E-state index in [9.17, 15) is 19.5 Å². The number of aliphatic carboxylic acids is 1. The number of carbonyl (C=O) groups is 3. The molecule has 5 rings (SSSR count). The average Bonchev–Trinajstić information content (AvgIpc) is 3.77. The van der Waals surface area contributed by atoms with Crippen LogP contribution in [-0.2, 0) is 38.4 Å². The number of carboxylic acid groups (broad SMARTS) is 1. The minimum Gasteiger partial charge on any atom is -0.480 e. The lowest BCUT2D eigenvalue weighted by Gasteiger charge is -2.34. The molecule has 0 aliphatic carbocycles. The van der Waals surface area contributed by atoms with Crippen LogP contribution in [-0.4, -0.2) is 125 Å². The molecule has 2 atom stereocenters. The lowest BCUT2D eigenvalue weighted by Crippen LogP contribution is -2.54. The molecule has 1 aromatic carbocycles. The first kappa shape index (κ1) is 44.5. The van der Waals surface area contributed by atoms with E-state index in [1.165, 1.54) is 18.4 Å². The van der Waals surface area contributed by atoms with Crippen molar-refractivity contribution in [1.29, 1.82) is 0 Å². The van der Waals surface area contributed by atoms with Crippen LogP contribution in [0.3, 0.4) is 0 Å². The number of nitrogens with one attached hydrogen (secondary N) is 2. The molecule has 2 amide bonds. The standard InChI is InChI=1S/C42H60N8O7S/c1-11-50-34-13-12-27(33-24-58-35(45-33)20-32(46-40(55)57-41(3,4)5)39(54)48(9)44-23-36(52)53)18-29(34)31(21-42(6,7)25-51)38(50)30-19-28(22-43-37(30)26(2)56-10)49-16-14-47(8)15-17-49/h12-13,18-19,22,24,26,32,44,51H,11,14-17,20-21,23,25H2,1-10H3,(H,46,55)(H,52,53)/t26-,32-/m0/s1. The number of anilines is 1.